The molecule has 0 saturated carbocycles. The minimum atomic E-state index is -0.469. The summed E-state index contributed by atoms with van der Waals surface area (Å²) in [7, 11) is 0. The standard InChI is InChI=1S/C12H19BrN4O2/c1-12(2,3)19-11(18)16-5-4-8(7-16)17-10(14)9(13)6-15-17/h6,8H,4-5,7,14H2,1-3H3. The quantitative estimate of drug-likeness (QED) is 0.858. The summed E-state index contributed by atoms with van der Waals surface area (Å²) in [6.07, 6.45) is 2.23. The van der Waals surface area contributed by atoms with Crippen molar-refractivity contribution in [2.24, 2.45) is 0 Å². The molecule has 1 unspecified atom stereocenters. The summed E-state index contributed by atoms with van der Waals surface area (Å²) in [6.45, 7) is 6.83. The zero-order chi connectivity index (χ0) is 14.2. The Balaban J connectivity index is 2.00. The number of hydrogen-bond donors (Lipinski definition) is 1. The number of ether oxygens (including phenoxy) is 1. The molecular weight excluding hydrogens is 312 g/mol. The SMILES string of the molecule is CC(C)(C)OC(=O)N1CCC(n2ncc(Br)c2N)C1. The molecular formula is C12H19BrN4O2. The Kier molecular flexibility index (Phi) is 3.75. The van der Waals surface area contributed by atoms with Crippen molar-refractivity contribution in [1.29, 1.82) is 0 Å². The van der Waals surface area contributed by atoms with Crippen LogP contribution in [0.4, 0.5) is 10.6 Å². The number of likely N-dealkylation sites (tertiary alicyclic amines) is 1. The average Bonchev–Trinajstić information content (AvgIpc) is 2.85. The zero-order valence-electron chi connectivity index (χ0n) is 11.4. The molecule has 0 spiro atoms. The number of aromatic nitrogens is 2. The van der Waals surface area contributed by atoms with Gasteiger partial charge in [-0.1, -0.05) is 0 Å². The topological polar surface area (TPSA) is 73.4 Å². The van der Waals surface area contributed by atoms with Crippen LogP contribution in [0.3, 0.4) is 0 Å². The van der Waals surface area contributed by atoms with Crippen LogP contribution in [-0.4, -0.2) is 39.5 Å². The van der Waals surface area contributed by atoms with Gasteiger partial charge in [-0.3, -0.25) is 0 Å². The first-order valence-electron chi connectivity index (χ1n) is 6.24. The zero-order valence-corrected chi connectivity index (χ0v) is 13.0. The maximum Gasteiger partial charge on any atom is 0.410 e. The second-order valence-electron chi connectivity index (χ2n) is 5.69. The maximum atomic E-state index is 12.0. The smallest absolute Gasteiger partial charge is 0.410 e. The molecule has 2 rings (SSSR count). The third-order valence-electron chi connectivity index (χ3n) is 2.95. The molecule has 1 aromatic rings. The van der Waals surface area contributed by atoms with Gasteiger partial charge in [0.1, 0.15) is 11.4 Å². The van der Waals surface area contributed by atoms with E-state index in [1.165, 1.54) is 0 Å². The number of nitrogen functional groups attached to an aromatic ring is 1. The molecule has 0 aliphatic carbocycles. The number of carbonyl (C=O) groups excluding carboxylic acids is 1. The summed E-state index contributed by atoms with van der Waals surface area (Å²) in [5.74, 6) is 0.594. The van der Waals surface area contributed by atoms with E-state index in [0.29, 0.717) is 18.9 Å². The van der Waals surface area contributed by atoms with Crippen LogP contribution in [0.25, 0.3) is 0 Å². The van der Waals surface area contributed by atoms with Crippen LogP contribution in [0, 0.1) is 0 Å². The highest BCUT2D eigenvalue weighted by molar-refractivity contribution is 9.10. The molecule has 0 bridgehead atoms. The first-order valence-corrected chi connectivity index (χ1v) is 7.03. The van der Waals surface area contributed by atoms with E-state index in [9.17, 15) is 4.79 Å². The van der Waals surface area contributed by atoms with Gasteiger partial charge in [-0.2, -0.15) is 5.10 Å². The third kappa shape index (κ3) is 3.20. The lowest BCUT2D eigenvalue weighted by Gasteiger charge is -2.24. The molecule has 1 atom stereocenters. The van der Waals surface area contributed by atoms with Crippen molar-refractivity contribution in [1.82, 2.24) is 14.7 Å². The van der Waals surface area contributed by atoms with Gasteiger partial charge in [0.25, 0.3) is 0 Å². The second kappa shape index (κ2) is 5.03. The van der Waals surface area contributed by atoms with E-state index in [-0.39, 0.29) is 12.1 Å². The van der Waals surface area contributed by atoms with Crippen molar-refractivity contribution < 1.29 is 9.53 Å². The minimum absolute atomic E-state index is 0.110. The molecule has 1 saturated heterocycles. The molecule has 106 valence electrons. The fourth-order valence-corrected chi connectivity index (χ4v) is 2.35. The molecule has 2 heterocycles. The highest BCUT2D eigenvalue weighted by atomic mass is 79.9. The lowest BCUT2D eigenvalue weighted by Crippen LogP contribution is -2.35. The molecule has 1 fully saturated rings. The van der Waals surface area contributed by atoms with Crippen molar-refractivity contribution in [3.63, 3.8) is 0 Å². The molecule has 1 aliphatic rings. The Morgan fingerprint density at radius 2 is 2.26 bits per heavy atom. The predicted molar refractivity (Wildman–Crippen MR) is 75.8 cm³/mol. The average molecular weight is 331 g/mol. The number of rotatable bonds is 1. The van der Waals surface area contributed by atoms with Gasteiger partial charge >= 0.3 is 6.09 Å². The van der Waals surface area contributed by atoms with E-state index in [4.69, 9.17) is 10.5 Å². The Labute approximate surface area is 121 Å². The highest BCUT2D eigenvalue weighted by Crippen LogP contribution is 2.28. The summed E-state index contributed by atoms with van der Waals surface area (Å²) >= 11 is 3.33. The van der Waals surface area contributed by atoms with Crippen LogP contribution in [-0.2, 0) is 4.74 Å². The van der Waals surface area contributed by atoms with E-state index in [1.807, 2.05) is 20.8 Å². The number of hydrogen-bond acceptors (Lipinski definition) is 4. The van der Waals surface area contributed by atoms with Gasteiger partial charge in [0.2, 0.25) is 0 Å². The molecule has 19 heavy (non-hydrogen) atoms. The van der Waals surface area contributed by atoms with E-state index >= 15 is 0 Å². The Bertz CT molecular complexity index is 481. The summed E-state index contributed by atoms with van der Waals surface area (Å²) in [4.78, 5) is 13.7. The molecule has 1 aliphatic heterocycles. The lowest BCUT2D eigenvalue weighted by molar-refractivity contribution is 0.0288. The predicted octanol–water partition coefficient (Wildman–Crippen LogP) is 2.41. The van der Waals surface area contributed by atoms with Gasteiger partial charge in [0.05, 0.1) is 16.7 Å². The third-order valence-corrected chi connectivity index (χ3v) is 3.56. The normalized spacial score (nSPS) is 19.8. The van der Waals surface area contributed by atoms with Crippen LogP contribution in [0.15, 0.2) is 10.7 Å². The van der Waals surface area contributed by atoms with Crippen molar-refractivity contribution in [3.05, 3.63) is 10.7 Å². The van der Waals surface area contributed by atoms with Crippen molar-refractivity contribution in [3.8, 4) is 0 Å². The number of nitrogens with zero attached hydrogens (tertiary/aromatic N) is 3. The van der Waals surface area contributed by atoms with E-state index in [1.54, 1.807) is 15.8 Å². The number of anilines is 1. The number of halogens is 1. The van der Waals surface area contributed by atoms with Crippen molar-refractivity contribution in [2.45, 2.75) is 38.8 Å². The van der Waals surface area contributed by atoms with E-state index in [2.05, 4.69) is 21.0 Å². The molecule has 0 radical (unpaired) electrons. The van der Waals surface area contributed by atoms with Crippen molar-refractivity contribution >= 4 is 27.8 Å². The molecule has 1 aromatic heterocycles. The maximum absolute atomic E-state index is 12.0. The Morgan fingerprint density at radius 3 is 2.79 bits per heavy atom. The van der Waals surface area contributed by atoms with Crippen LogP contribution in [0.1, 0.15) is 33.2 Å². The molecule has 7 heteroatoms. The van der Waals surface area contributed by atoms with E-state index in [0.717, 1.165) is 10.9 Å². The van der Waals surface area contributed by atoms with Crippen LogP contribution in [0.5, 0.6) is 0 Å². The number of amides is 1. The van der Waals surface area contributed by atoms with Gasteiger partial charge in [0, 0.05) is 13.1 Å². The van der Waals surface area contributed by atoms with Crippen molar-refractivity contribution in [2.75, 3.05) is 18.8 Å². The summed E-state index contributed by atoms with van der Waals surface area (Å²) in [6, 6.07) is 0.110. The van der Waals surface area contributed by atoms with E-state index < -0.39 is 5.60 Å². The largest absolute Gasteiger partial charge is 0.444 e. The lowest BCUT2D eigenvalue weighted by atomic mass is 10.2. The van der Waals surface area contributed by atoms with Crippen LogP contribution < -0.4 is 5.73 Å². The molecule has 6 nitrogen and oxygen atoms in total. The van der Waals surface area contributed by atoms with Gasteiger partial charge < -0.3 is 15.4 Å². The van der Waals surface area contributed by atoms with Crippen LogP contribution in [0.2, 0.25) is 0 Å². The minimum Gasteiger partial charge on any atom is -0.444 e. The fourth-order valence-electron chi connectivity index (χ4n) is 2.08. The monoisotopic (exact) mass is 330 g/mol. The fraction of sp³-hybridized carbons (Fsp3) is 0.667. The summed E-state index contributed by atoms with van der Waals surface area (Å²) in [5, 5.41) is 4.23. The Morgan fingerprint density at radius 1 is 1.58 bits per heavy atom. The summed E-state index contributed by atoms with van der Waals surface area (Å²) in [5.41, 5.74) is 5.46. The van der Waals surface area contributed by atoms with Gasteiger partial charge in [-0.15, -0.1) is 0 Å². The highest BCUT2D eigenvalue weighted by Gasteiger charge is 2.31. The first kappa shape index (κ1) is 14.2. The molecule has 2 N–H and O–H groups in total. The van der Waals surface area contributed by atoms with Gasteiger partial charge in [0.15, 0.2) is 0 Å². The Hall–Kier alpha value is -1.24. The number of carbonyl (C=O) groups is 1. The van der Waals surface area contributed by atoms with Gasteiger partial charge in [-0.05, 0) is 43.1 Å². The molecule has 1 amide bonds. The molecule has 0 aromatic carbocycles. The second-order valence-corrected chi connectivity index (χ2v) is 6.55. The van der Waals surface area contributed by atoms with Gasteiger partial charge in [-0.25, -0.2) is 9.48 Å². The van der Waals surface area contributed by atoms with Crippen LogP contribution >= 0.6 is 15.9 Å². The first-order chi connectivity index (χ1) is 8.78. The number of nitrogens with two attached hydrogens (primary N) is 1. The summed E-state index contributed by atoms with van der Waals surface area (Å²) < 4.78 is 7.90.